The molecule has 0 spiro atoms. The van der Waals surface area contributed by atoms with Gasteiger partial charge in [-0.05, 0) is 19.4 Å². The number of hydrogen-bond donors (Lipinski definition) is 1. The van der Waals surface area contributed by atoms with Gasteiger partial charge in [0.2, 0.25) is 0 Å². The van der Waals surface area contributed by atoms with Gasteiger partial charge in [0, 0.05) is 12.5 Å². The lowest BCUT2D eigenvalue weighted by molar-refractivity contribution is 0.0172. The molecule has 3 heteroatoms. The third-order valence-corrected chi connectivity index (χ3v) is 2.10. The van der Waals surface area contributed by atoms with Crippen LogP contribution in [0.2, 0.25) is 0 Å². The van der Waals surface area contributed by atoms with Crippen LogP contribution in [0.4, 0.5) is 8.78 Å². The van der Waals surface area contributed by atoms with E-state index < -0.39 is 11.5 Å². The van der Waals surface area contributed by atoms with Gasteiger partial charge in [-0.1, -0.05) is 24.3 Å². The van der Waals surface area contributed by atoms with Crippen LogP contribution < -0.4 is 0 Å². The van der Waals surface area contributed by atoms with E-state index in [0.29, 0.717) is 5.56 Å². The van der Waals surface area contributed by atoms with Crippen molar-refractivity contribution < 1.29 is 13.9 Å². The van der Waals surface area contributed by atoms with Gasteiger partial charge in [-0.25, -0.2) is 8.78 Å². The van der Waals surface area contributed by atoms with Gasteiger partial charge in [0.1, 0.15) is 0 Å². The molecule has 0 saturated carbocycles. The van der Waals surface area contributed by atoms with E-state index in [1.807, 2.05) is 0 Å². The Bertz CT molecular complexity index is 271. The van der Waals surface area contributed by atoms with Gasteiger partial charge < -0.3 is 5.11 Å². The molecule has 0 aliphatic carbocycles. The summed E-state index contributed by atoms with van der Waals surface area (Å²) in [6.45, 7) is 4.09. The molecule has 0 saturated heterocycles. The minimum absolute atomic E-state index is 0.0366. The third kappa shape index (κ3) is 2.51. The Morgan fingerprint density at radius 3 is 1.57 bits per heavy atom. The van der Waals surface area contributed by atoms with Gasteiger partial charge >= 0.3 is 0 Å². The molecule has 0 heterocycles. The molecule has 0 radical (unpaired) electrons. The van der Waals surface area contributed by atoms with E-state index in [0.717, 1.165) is 6.92 Å². The number of hydrogen-bond acceptors (Lipinski definition) is 1. The second-order valence-electron chi connectivity index (χ2n) is 4.02. The van der Waals surface area contributed by atoms with Crippen molar-refractivity contribution in [3.63, 3.8) is 0 Å². The maximum Gasteiger partial charge on any atom is 0.270 e. The zero-order valence-corrected chi connectivity index (χ0v) is 8.51. The largest absolute Gasteiger partial charge is 0.386 e. The maximum absolute atomic E-state index is 12.8. The Morgan fingerprint density at radius 1 is 0.929 bits per heavy atom. The van der Waals surface area contributed by atoms with Crippen molar-refractivity contribution in [3.05, 3.63) is 35.4 Å². The van der Waals surface area contributed by atoms with Crippen molar-refractivity contribution in [2.45, 2.75) is 32.3 Å². The van der Waals surface area contributed by atoms with Crippen molar-refractivity contribution in [3.8, 4) is 0 Å². The van der Waals surface area contributed by atoms with Crippen molar-refractivity contribution in [1.82, 2.24) is 0 Å². The first-order valence-corrected chi connectivity index (χ1v) is 4.42. The van der Waals surface area contributed by atoms with Crippen LogP contribution in [0.15, 0.2) is 24.3 Å². The van der Waals surface area contributed by atoms with Gasteiger partial charge in [-0.2, -0.15) is 0 Å². The summed E-state index contributed by atoms with van der Waals surface area (Å²) in [6.07, 6.45) is 0. The maximum atomic E-state index is 12.8. The number of halogens is 2. The third-order valence-electron chi connectivity index (χ3n) is 2.10. The van der Waals surface area contributed by atoms with Crippen molar-refractivity contribution in [2.75, 3.05) is 0 Å². The molecule has 0 unspecified atom stereocenters. The molecular formula is C11H14F2O. The average Bonchev–Trinajstić information content (AvgIpc) is 2.01. The predicted octanol–water partition coefficient (Wildman–Crippen LogP) is 3.03. The van der Waals surface area contributed by atoms with Crippen LogP contribution in [0.1, 0.15) is 31.9 Å². The van der Waals surface area contributed by atoms with E-state index in [9.17, 15) is 13.9 Å². The number of aliphatic hydroxyl groups is 1. The first-order chi connectivity index (χ1) is 6.21. The number of alkyl halides is 2. The molecule has 0 amide bonds. The average molecular weight is 200 g/mol. The van der Waals surface area contributed by atoms with Crippen LogP contribution >= 0.6 is 0 Å². The molecule has 0 fully saturated rings. The Morgan fingerprint density at radius 2 is 1.29 bits per heavy atom. The molecule has 0 aromatic heterocycles. The lowest BCUT2D eigenvalue weighted by atomic mass is 9.96. The van der Waals surface area contributed by atoms with Crippen molar-refractivity contribution in [2.24, 2.45) is 0 Å². The summed E-state index contributed by atoms with van der Waals surface area (Å²) >= 11 is 0. The van der Waals surface area contributed by atoms with Crippen LogP contribution in [0.3, 0.4) is 0 Å². The molecule has 14 heavy (non-hydrogen) atoms. The minimum Gasteiger partial charge on any atom is -0.386 e. The molecular weight excluding hydrogens is 186 g/mol. The molecule has 78 valence electrons. The fourth-order valence-electron chi connectivity index (χ4n) is 1.17. The van der Waals surface area contributed by atoms with Crippen LogP contribution in [-0.4, -0.2) is 5.11 Å². The molecule has 1 N–H and O–H groups in total. The summed E-state index contributed by atoms with van der Waals surface area (Å²) in [5.41, 5.74) is -0.391. The fourth-order valence-corrected chi connectivity index (χ4v) is 1.17. The van der Waals surface area contributed by atoms with Crippen molar-refractivity contribution in [1.29, 1.82) is 0 Å². The smallest absolute Gasteiger partial charge is 0.270 e. The van der Waals surface area contributed by atoms with E-state index in [-0.39, 0.29) is 5.56 Å². The van der Waals surface area contributed by atoms with Crippen LogP contribution in [0.25, 0.3) is 0 Å². The Hall–Kier alpha value is -0.960. The molecule has 1 aromatic rings. The SMILES string of the molecule is CC(C)(O)c1ccc(C(C)(F)F)cc1. The summed E-state index contributed by atoms with van der Waals surface area (Å²) < 4.78 is 25.6. The summed E-state index contributed by atoms with van der Waals surface area (Å²) in [7, 11) is 0. The molecule has 1 aromatic carbocycles. The highest BCUT2D eigenvalue weighted by molar-refractivity contribution is 5.28. The lowest BCUT2D eigenvalue weighted by Gasteiger charge is -2.19. The molecule has 0 bridgehead atoms. The van der Waals surface area contributed by atoms with Gasteiger partial charge in [-0.15, -0.1) is 0 Å². The van der Waals surface area contributed by atoms with Crippen LogP contribution in [-0.2, 0) is 11.5 Å². The second kappa shape index (κ2) is 3.31. The monoisotopic (exact) mass is 200 g/mol. The highest BCUT2D eigenvalue weighted by atomic mass is 19.3. The zero-order valence-electron chi connectivity index (χ0n) is 8.51. The summed E-state index contributed by atoms with van der Waals surface area (Å²) in [4.78, 5) is 0. The fraction of sp³-hybridized carbons (Fsp3) is 0.455. The summed E-state index contributed by atoms with van der Waals surface area (Å²) in [6, 6.07) is 5.72. The van der Waals surface area contributed by atoms with Crippen LogP contribution in [0, 0.1) is 0 Å². The van der Waals surface area contributed by atoms with E-state index in [4.69, 9.17) is 0 Å². The van der Waals surface area contributed by atoms with E-state index >= 15 is 0 Å². The van der Waals surface area contributed by atoms with Crippen LogP contribution in [0.5, 0.6) is 0 Å². The first kappa shape index (κ1) is 11.1. The standard InChI is InChI=1S/C11H14F2O/c1-10(2,14)8-4-6-9(7-5-8)11(3,12)13/h4-7,14H,1-3H3. The van der Waals surface area contributed by atoms with Gasteiger partial charge in [-0.3, -0.25) is 0 Å². The minimum atomic E-state index is -2.82. The molecule has 0 aliphatic heterocycles. The van der Waals surface area contributed by atoms with E-state index in [1.165, 1.54) is 24.3 Å². The Labute approximate surface area is 82.4 Å². The molecule has 0 atom stereocenters. The zero-order chi connectivity index (χ0) is 11.0. The quantitative estimate of drug-likeness (QED) is 0.778. The Kier molecular flexibility index (Phi) is 2.63. The predicted molar refractivity (Wildman–Crippen MR) is 51.3 cm³/mol. The molecule has 1 rings (SSSR count). The van der Waals surface area contributed by atoms with Gasteiger partial charge in [0.05, 0.1) is 5.60 Å². The lowest BCUT2D eigenvalue weighted by Crippen LogP contribution is -2.16. The molecule has 0 aliphatic rings. The highest BCUT2D eigenvalue weighted by Crippen LogP contribution is 2.28. The van der Waals surface area contributed by atoms with Crippen molar-refractivity contribution >= 4 is 0 Å². The molecule has 1 nitrogen and oxygen atoms in total. The highest BCUT2D eigenvalue weighted by Gasteiger charge is 2.24. The van der Waals surface area contributed by atoms with Gasteiger partial charge in [0.25, 0.3) is 5.92 Å². The second-order valence-corrected chi connectivity index (χ2v) is 4.02. The Balaban J connectivity index is 3.02. The summed E-state index contributed by atoms with van der Waals surface area (Å²) in [5.74, 6) is -2.82. The summed E-state index contributed by atoms with van der Waals surface area (Å²) in [5, 5.41) is 9.60. The first-order valence-electron chi connectivity index (χ1n) is 4.42. The van der Waals surface area contributed by atoms with E-state index in [1.54, 1.807) is 13.8 Å². The topological polar surface area (TPSA) is 20.2 Å². The van der Waals surface area contributed by atoms with Gasteiger partial charge in [0.15, 0.2) is 0 Å². The number of rotatable bonds is 2. The normalized spacial score (nSPS) is 13.0. The number of benzene rings is 1. The van der Waals surface area contributed by atoms with E-state index in [2.05, 4.69) is 0 Å².